The fourth-order valence-electron chi connectivity index (χ4n) is 4.60. The van der Waals surface area contributed by atoms with Crippen LogP contribution in [0.25, 0.3) is 0 Å². The van der Waals surface area contributed by atoms with E-state index in [1.165, 1.54) is 64.8 Å². The first kappa shape index (κ1) is 14.8. The average molecular weight is 280 g/mol. The second-order valence-corrected chi connectivity index (χ2v) is 7.34. The maximum Gasteiger partial charge on any atom is 0.0359 e. The first-order valence-corrected chi connectivity index (χ1v) is 8.54. The van der Waals surface area contributed by atoms with Crippen molar-refractivity contribution >= 4 is 0 Å². The maximum atomic E-state index is 6.27. The molecule has 4 heteroatoms. The molecule has 3 unspecified atom stereocenters. The summed E-state index contributed by atoms with van der Waals surface area (Å²) in [6.07, 6.45) is 6.71. The fourth-order valence-corrected chi connectivity index (χ4v) is 4.60. The molecule has 0 aromatic rings. The number of rotatable bonds is 2. The molecule has 0 aromatic heterocycles. The molecule has 0 spiro atoms. The normalized spacial score (nSPS) is 41.5. The van der Waals surface area contributed by atoms with Gasteiger partial charge in [0.2, 0.25) is 0 Å². The lowest BCUT2D eigenvalue weighted by atomic mass is 9.81. The quantitative estimate of drug-likeness (QED) is 0.817. The third-order valence-electron chi connectivity index (χ3n) is 6.25. The zero-order valence-corrected chi connectivity index (χ0v) is 13.4. The number of likely N-dealkylation sites (tertiary alicyclic amines) is 1. The lowest BCUT2D eigenvalue weighted by Crippen LogP contribution is -2.67. The highest BCUT2D eigenvalue weighted by molar-refractivity contribution is 5.01. The second-order valence-electron chi connectivity index (χ2n) is 7.34. The van der Waals surface area contributed by atoms with Crippen LogP contribution in [0.3, 0.4) is 0 Å². The molecule has 3 fully saturated rings. The van der Waals surface area contributed by atoms with Crippen molar-refractivity contribution in [3.63, 3.8) is 0 Å². The molecular weight excluding hydrogens is 248 g/mol. The summed E-state index contributed by atoms with van der Waals surface area (Å²) in [7, 11) is 2.25. The highest BCUT2D eigenvalue weighted by Gasteiger charge is 2.43. The molecule has 0 amide bonds. The summed E-state index contributed by atoms with van der Waals surface area (Å²) in [5.74, 6) is 0. The third kappa shape index (κ3) is 2.63. The van der Waals surface area contributed by atoms with Gasteiger partial charge in [-0.3, -0.25) is 9.80 Å². The summed E-state index contributed by atoms with van der Waals surface area (Å²) in [5, 5.41) is 0. The van der Waals surface area contributed by atoms with Gasteiger partial charge in [0.1, 0.15) is 0 Å². The fraction of sp³-hybridized carbons (Fsp3) is 1.00. The summed E-state index contributed by atoms with van der Waals surface area (Å²) in [6, 6.07) is 1.47. The van der Waals surface area contributed by atoms with Gasteiger partial charge in [-0.1, -0.05) is 6.42 Å². The van der Waals surface area contributed by atoms with Crippen LogP contribution in [0.5, 0.6) is 0 Å². The number of nitrogens with two attached hydrogens (primary N) is 1. The smallest absolute Gasteiger partial charge is 0.0359 e. The van der Waals surface area contributed by atoms with Crippen molar-refractivity contribution in [1.82, 2.24) is 14.7 Å². The summed E-state index contributed by atoms with van der Waals surface area (Å²) in [5.41, 5.74) is 6.54. The van der Waals surface area contributed by atoms with Crippen molar-refractivity contribution in [3.8, 4) is 0 Å². The van der Waals surface area contributed by atoms with Crippen LogP contribution in [0.4, 0.5) is 0 Å². The van der Waals surface area contributed by atoms with Crippen LogP contribution >= 0.6 is 0 Å². The molecule has 3 saturated heterocycles. The van der Waals surface area contributed by atoms with Gasteiger partial charge < -0.3 is 10.6 Å². The second kappa shape index (κ2) is 5.91. The van der Waals surface area contributed by atoms with Crippen LogP contribution in [0, 0.1) is 0 Å². The maximum absolute atomic E-state index is 6.27. The van der Waals surface area contributed by atoms with E-state index in [0.29, 0.717) is 6.04 Å². The highest BCUT2D eigenvalue weighted by Crippen LogP contribution is 2.34. The molecule has 2 N–H and O–H groups in total. The molecule has 0 bridgehead atoms. The van der Waals surface area contributed by atoms with E-state index >= 15 is 0 Å². The van der Waals surface area contributed by atoms with Crippen LogP contribution in [0.2, 0.25) is 0 Å². The summed E-state index contributed by atoms with van der Waals surface area (Å²) in [6.45, 7) is 9.46. The summed E-state index contributed by atoms with van der Waals surface area (Å²) in [4.78, 5) is 7.98. The van der Waals surface area contributed by atoms with Gasteiger partial charge in [0.05, 0.1) is 0 Å². The molecule has 0 aliphatic carbocycles. The Morgan fingerprint density at radius 1 is 1.15 bits per heavy atom. The minimum absolute atomic E-state index is 0.273. The lowest BCUT2D eigenvalue weighted by Gasteiger charge is -2.55. The van der Waals surface area contributed by atoms with E-state index in [4.69, 9.17) is 5.73 Å². The molecule has 20 heavy (non-hydrogen) atoms. The van der Waals surface area contributed by atoms with E-state index in [2.05, 4.69) is 28.7 Å². The molecule has 3 rings (SSSR count). The number of hydrogen-bond donors (Lipinski definition) is 1. The van der Waals surface area contributed by atoms with Gasteiger partial charge in [-0.15, -0.1) is 0 Å². The molecule has 3 aliphatic heterocycles. The van der Waals surface area contributed by atoms with E-state index in [0.717, 1.165) is 12.6 Å². The number of piperazine rings is 1. The first-order valence-electron chi connectivity index (χ1n) is 8.54. The van der Waals surface area contributed by atoms with E-state index < -0.39 is 0 Å². The molecule has 3 aliphatic rings. The van der Waals surface area contributed by atoms with Gasteiger partial charge in [-0.2, -0.15) is 0 Å². The number of fused-ring (bicyclic) bond motifs is 1. The topological polar surface area (TPSA) is 35.7 Å². The SMILES string of the molecule is CC1CC(CN)(N2CCN3CCCCC3C2)CCN1C. The third-order valence-corrected chi connectivity index (χ3v) is 6.25. The van der Waals surface area contributed by atoms with Crippen LogP contribution in [-0.4, -0.2) is 78.6 Å². The predicted octanol–water partition coefficient (Wildman–Crippen LogP) is 0.968. The Hall–Kier alpha value is -0.160. The lowest BCUT2D eigenvalue weighted by molar-refractivity contribution is -0.0453. The molecule has 3 atom stereocenters. The Labute approximate surface area is 124 Å². The Morgan fingerprint density at radius 3 is 2.75 bits per heavy atom. The van der Waals surface area contributed by atoms with Crippen LogP contribution in [-0.2, 0) is 0 Å². The van der Waals surface area contributed by atoms with Crippen molar-refractivity contribution in [2.24, 2.45) is 5.73 Å². The van der Waals surface area contributed by atoms with E-state index in [1.807, 2.05) is 0 Å². The first-order chi connectivity index (χ1) is 9.64. The van der Waals surface area contributed by atoms with Gasteiger partial charge in [0, 0.05) is 43.8 Å². The number of piperidine rings is 2. The molecule has 0 saturated carbocycles. The van der Waals surface area contributed by atoms with Crippen molar-refractivity contribution < 1.29 is 0 Å². The van der Waals surface area contributed by atoms with Crippen molar-refractivity contribution in [2.45, 2.75) is 56.7 Å². The molecule has 3 heterocycles. The Balaban J connectivity index is 1.70. The van der Waals surface area contributed by atoms with E-state index in [-0.39, 0.29) is 5.54 Å². The van der Waals surface area contributed by atoms with Gasteiger partial charge in [-0.25, -0.2) is 0 Å². The monoisotopic (exact) mass is 280 g/mol. The summed E-state index contributed by atoms with van der Waals surface area (Å²) >= 11 is 0. The van der Waals surface area contributed by atoms with Crippen molar-refractivity contribution in [2.75, 3.05) is 46.3 Å². The van der Waals surface area contributed by atoms with Crippen LogP contribution in [0.1, 0.15) is 39.0 Å². The van der Waals surface area contributed by atoms with Crippen molar-refractivity contribution in [1.29, 1.82) is 0 Å². The van der Waals surface area contributed by atoms with Gasteiger partial charge >= 0.3 is 0 Å². The van der Waals surface area contributed by atoms with Gasteiger partial charge in [0.25, 0.3) is 0 Å². The molecule has 4 nitrogen and oxygen atoms in total. The zero-order chi connectivity index (χ0) is 14.2. The number of nitrogens with zero attached hydrogens (tertiary/aromatic N) is 3. The summed E-state index contributed by atoms with van der Waals surface area (Å²) < 4.78 is 0. The zero-order valence-electron chi connectivity index (χ0n) is 13.4. The molecule has 0 radical (unpaired) electrons. The minimum Gasteiger partial charge on any atom is -0.329 e. The van der Waals surface area contributed by atoms with Crippen LogP contribution in [0.15, 0.2) is 0 Å². The molecule has 116 valence electrons. The predicted molar refractivity (Wildman–Crippen MR) is 83.9 cm³/mol. The van der Waals surface area contributed by atoms with Crippen LogP contribution < -0.4 is 5.73 Å². The highest BCUT2D eigenvalue weighted by atomic mass is 15.3. The Morgan fingerprint density at radius 2 is 2.00 bits per heavy atom. The largest absolute Gasteiger partial charge is 0.329 e. The molecule has 0 aromatic carbocycles. The van der Waals surface area contributed by atoms with Crippen molar-refractivity contribution in [3.05, 3.63) is 0 Å². The average Bonchev–Trinajstić information content (AvgIpc) is 2.50. The Kier molecular flexibility index (Phi) is 4.37. The number of hydrogen-bond acceptors (Lipinski definition) is 4. The van der Waals surface area contributed by atoms with Gasteiger partial charge in [-0.05, 0) is 52.7 Å². The Bertz CT molecular complexity index is 334. The van der Waals surface area contributed by atoms with Gasteiger partial charge in [0.15, 0.2) is 0 Å². The van der Waals surface area contributed by atoms with E-state index in [9.17, 15) is 0 Å². The van der Waals surface area contributed by atoms with E-state index in [1.54, 1.807) is 0 Å². The standard InChI is InChI=1S/C16H32N4/c1-14-11-16(13-17,6-8-18(14)2)20-10-9-19-7-4-3-5-15(19)12-20/h14-15H,3-13,17H2,1-2H3. The molecular formula is C16H32N4. The minimum atomic E-state index is 0.273.